The van der Waals surface area contributed by atoms with Crippen LogP contribution in [0.5, 0.6) is 5.75 Å². The Morgan fingerprint density at radius 2 is 2.18 bits per heavy atom. The van der Waals surface area contributed by atoms with E-state index < -0.39 is 0 Å². The SMILES string of the molecule is Cc1cc(Cl)ccc1OCC(=O)N/N=C/c1cccc(Br)c1. The zero-order valence-corrected chi connectivity index (χ0v) is 14.2. The van der Waals surface area contributed by atoms with E-state index in [0.717, 1.165) is 15.6 Å². The molecule has 0 aliphatic heterocycles. The Hall–Kier alpha value is -1.85. The molecule has 1 amide bonds. The minimum Gasteiger partial charge on any atom is -0.483 e. The van der Waals surface area contributed by atoms with Crippen LogP contribution in [0.3, 0.4) is 0 Å². The molecule has 0 saturated heterocycles. The fraction of sp³-hybridized carbons (Fsp3) is 0.125. The molecule has 0 fully saturated rings. The predicted molar refractivity (Wildman–Crippen MR) is 91.6 cm³/mol. The summed E-state index contributed by atoms with van der Waals surface area (Å²) >= 11 is 9.23. The summed E-state index contributed by atoms with van der Waals surface area (Å²) in [5.41, 5.74) is 4.17. The molecule has 22 heavy (non-hydrogen) atoms. The number of aryl methyl sites for hydroxylation is 1. The summed E-state index contributed by atoms with van der Waals surface area (Å²) in [5, 5.41) is 4.52. The van der Waals surface area contributed by atoms with Gasteiger partial charge in [0.1, 0.15) is 5.75 Å². The first-order valence-electron chi connectivity index (χ1n) is 6.51. The molecule has 2 rings (SSSR count). The Bertz CT molecular complexity index is 704. The van der Waals surface area contributed by atoms with Gasteiger partial charge in [-0.05, 0) is 48.4 Å². The second-order valence-electron chi connectivity index (χ2n) is 4.55. The van der Waals surface area contributed by atoms with Crippen LogP contribution >= 0.6 is 27.5 Å². The number of halogens is 2. The summed E-state index contributed by atoms with van der Waals surface area (Å²) in [5.74, 6) is 0.288. The van der Waals surface area contributed by atoms with Gasteiger partial charge in [-0.3, -0.25) is 4.79 Å². The Morgan fingerprint density at radius 3 is 2.91 bits per heavy atom. The van der Waals surface area contributed by atoms with E-state index in [-0.39, 0.29) is 12.5 Å². The van der Waals surface area contributed by atoms with Crippen molar-refractivity contribution in [2.24, 2.45) is 5.10 Å². The van der Waals surface area contributed by atoms with Gasteiger partial charge in [0.15, 0.2) is 6.61 Å². The Morgan fingerprint density at radius 1 is 1.36 bits per heavy atom. The molecule has 1 N–H and O–H groups in total. The van der Waals surface area contributed by atoms with Crippen LogP contribution in [0.2, 0.25) is 5.02 Å². The van der Waals surface area contributed by atoms with E-state index in [2.05, 4.69) is 26.5 Å². The molecular formula is C16H14BrClN2O2. The van der Waals surface area contributed by atoms with Crippen molar-refractivity contribution in [3.63, 3.8) is 0 Å². The number of hydrogen-bond donors (Lipinski definition) is 1. The minimum absolute atomic E-state index is 0.113. The lowest BCUT2D eigenvalue weighted by Gasteiger charge is -2.08. The van der Waals surface area contributed by atoms with Gasteiger partial charge in [0.05, 0.1) is 6.21 Å². The van der Waals surface area contributed by atoms with Gasteiger partial charge in [-0.1, -0.05) is 39.7 Å². The van der Waals surface area contributed by atoms with Crippen LogP contribution in [0.4, 0.5) is 0 Å². The summed E-state index contributed by atoms with van der Waals surface area (Å²) < 4.78 is 6.37. The van der Waals surface area contributed by atoms with Crippen molar-refractivity contribution < 1.29 is 9.53 Å². The minimum atomic E-state index is -0.333. The number of hydrogen-bond acceptors (Lipinski definition) is 3. The summed E-state index contributed by atoms with van der Waals surface area (Å²) in [4.78, 5) is 11.7. The van der Waals surface area contributed by atoms with Crippen molar-refractivity contribution >= 4 is 39.7 Å². The number of carbonyl (C=O) groups excluding carboxylic acids is 1. The van der Waals surface area contributed by atoms with Crippen molar-refractivity contribution in [3.8, 4) is 5.75 Å². The molecule has 0 aliphatic rings. The Balaban J connectivity index is 1.83. The van der Waals surface area contributed by atoms with Gasteiger partial charge in [-0.25, -0.2) is 5.43 Å². The van der Waals surface area contributed by atoms with E-state index >= 15 is 0 Å². The second kappa shape index (κ2) is 7.96. The van der Waals surface area contributed by atoms with Crippen molar-refractivity contribution in [1.82, 2.24) is 5.43 Å². The second-order valence-corrected chi connectivity index (χ2v) is 5.90. The molecule has 0 aliphatic carbocycles. The van der Waals surface area contributed by atoms with Crippen molar-refractivity contribution in [2.75, 3.05) is 6.61 Å². The van der Waals surface area contributed by atoms with Crippen molar-refractivity contribution in [2.45, 2.75) is 6.92 Å². The summed E-state index contributed by atoms with van der Waals surface area (Å²) in [6.45, 7) is 1.75. The smallest absolute Gasteiger partial charge is 0.277 e. The van der Waals surface area contributed by atoms with Crippen LogP contribution in [0.15, 0.2) is 52.0 Å². The zero-order valence-electron chi connectivity index (χ0n) is 11.8. The summed E-state index contributed by atoms with van der Waals surface area (Å²) in [7, 11) is 0. The van der Waals surface area contributed by atoms with E-state index in [1.165, 1.54) is 0 Å². The maximum absolute atomic E-state index is 11.7. The third-order valence-corrected chi connectivity index (χ3v) is 3.48. The number of rotatable bonds is 5. The molecule has 0 bridgehead atoms. The largest absolute Gasteiger partial charge is 0.483 e. The monoisotopic (exact) mass is 380 g/mol. The van der Waals surface area contributed by atoms with Crippen LogP contribution < -0.4 is 10.2 Å². The highest BCUT2D eigenvalue weighted by Crippen LogP contribution is 2.21. The number of benzene rings is 2. The normalized spacial score (nSPS) is 10.7. The molecule has 0 aromatic heterocycles. The van der Waals surface area contributed by atoms with Gasteiger partial charge in [0, 0.05) is 9.50 Å². The average Bonchev–Trinajstić information content (AvgIpc) is 2.46. The molecule has 6 heteroatoms. The van der Waals surface area contributed by atoms with E-state index in [9.17, 15) is 4.79 Å². The lowest BCUT2D eigenvalue weighted by Crippen LogP contribution is -2.24. The molecule has 0 radical (unpaired) electrons. The standard InChI is InChI=1S/C16H14BrClN2O2/c1-11-7-14(18)5-6-15(11)22-10-16(21)20-19-9-12-3-2-4-13(17)8-12/h2-9H,10H2,1H3,(H,20,21)/b19-9+. The number of amides is 1. The Kier molecular flexibility index (Phi) is 5.98. The first kappa shape index (κ1) is 16.5. The van der Waals surface area contributed by atoms with Gasteiger partial charge < -0.3 is 4.74 Å². The molecule has 2 aromatic carbocycles. The average molecular weight is 382 g/mol. The third kappa shape index (κ3) is 5.16. The predicted octanol–water partition coefficient (Wildman–Crippen LogP) is 3.94. The number of nitrogens with zero attached hydrogens (tertiary/aromatic N) is 1. The number of hydrazone groups is 1. The molecular weight excluding hydrogens is 368 g/mol. The lowest BCUT2D eigenvalue weighted by atomic mass is 10.2. The molecule has 4 nitrogen and oxygen atoms in total. The zero-order chi connectivity index (χ0) is 15.9. The molecule has 0 unspecified atom stereocenters. The molecule has 0 heterocycles. The number of nitrogens with one attached hydrogen (secondary N) is 1. The van der Waals surface area contributed by atoms with Gasteiger partial charge in [-0.2, -0.15) is 5.10 Å². The molecule has 0 saturated carbocycles. The van der Waals surface area contributed by atoms with Crippen LogP contribution in [0.25, 0.3) is 0 Å². The first-order valence-corrected chi connectivity index (χ1v) is 7.68. The van der Waals surface area contributed by atoms with Crippen molar-refractivity contribution in [3.05, 3.63) is 63.1 Å². The quantitative estimate of drug-likeness (QED) is 0.630. The highest BCUT2D eigenvalue weighted by Gasteiger charge is 2.04. The Labute approximate surface area is 142 Å². The van der Waals surface area contributed by atoms with Gasteiger partial charge in [-0.15, -0.1) is 0 Å². The fourth-order valence-corrected chi connectivity index (χ4v) is 2.36. The topological polar surface area (TPSA) is 50.7 Å². The van der Waals surface area contributed by atoms with Gasteiger partial charge in [0.25, 0.3) is 5.91 Å². The third-order valence-electron chi connectivity index (χ3n) is 2.75. The van der Waals surface area contributed by atoms with Crippen LogP contribution in [-0.2, 0) is 4.79 Å². The van der Waals surface area contributed by atoms with Gasteiger partial charge >= 0.3 is 0 Å². The van der Waals surface area contributed by atoms with Crippen LogP contribution in [0.1, 0.15) is 11.1 Å². The van der Waals surface area contributed by atoms with E-state index in [4.69, 9.17) is 16.3 Å². The molecule has 0 spiro atoms. The van der Waals surface area contributed by atoms with E-state index in [1.807, 2.05) is 31.2 Å². The molecule has 0 atom stereocenters. The number of carbonyl (C=O) groups is 1. The van der Waals surface area contributed by atoms with Crippen LogP contribution in [0, 0.1) is 6.92 Å². The van der Waals surface area contributed by atoms with Crippen molar-refractivity contribution in [1.29, 1.82) is 0 Å². The summed E-state index contributed by atoms with van der Waals surface area (Å²) in [6.07, 6.45) is 1.57. The highest BCUT2D eigenvalue weighted by molar-refractivity contribution is 9.10. The maximum Gasteiger partial charge on any atom is 0.277 e. The highest BCUT2D eigenvalue weighted by atomic mass is 79.9. The maximum atomic E-state index is 11.7. The molecule has 114 valence electrons. The first-order chi connectivity index (χ1) is 10.5. The summed E-state index contributed by atoms with van der Waals surface area (Å²) in [6, 6.07) is 12.8. The van der Waals surface area contributed by atoms with E-state index in [1.54, 1.807) is 24.4 Å². The lowest BCUT2D eigenvalue weighted by molar-refractivity contribution is -0.123. The fourth-order valence-electron chi connectivity index (χ4n) is 1.72. The number of ether oxygens (including phenoxy) is 1. The van der Waals surface area contributed by atoms with E-state index in [0.29, 0.717) is 10.8 Å². The van der Waals surface area contributed by atoms with Gasteiger partial charge in [0.2, 0.25) is 0 Å². The van der Waals surface area contributed by atoms with Crippen LogP contribution in [-0.4, -0.2) is 18.7 Å². The molecule has 2 aromatic rings.